The highest BCUT2D eigenvalue weighted by Gasteiger charge is 2.57. The zero-order chi connectivity index (χ0) is 30.0. The summed E-state index contributed by atoms with van der Waals surface area (Å²) in [5, 5.41) is 0.744. The minimum atomic E-state index is -0.550. The molecule has 0 saturated carbocycles. The van der Waals surface area contributed by atoms with E-state index in [0.717, 1.165) is 10.6 Å². The van der Waals surface area contributed by atoms with Crippen molar-refractivity contribution in [3.63, 3.8) is 0 Å². The van der Waals surface area contributed by atoms with Gasteiger partial charge in [-0.15, -0.1) is 0 Å². The first-order chi connectivity index (χ1) is 22.2. The molecule has 0 saturated heterocycles. The van der Waals surface area contributed by atoms with Crippen LogP contribution in [0.4, 0.5) is 0 Å². The van der Waals surface area contributed by atoms with Crippen molar-refractivity contribution < 1.29 is 0 Å². The molecule has 2 unspecified atom stereocenters. The summed E-state index contributed by atoms with van der Waals surface area (Å²) in [6, 6.07) is 64.7. The van der Waals surface area contributed by atoms with Crippen LogP contribution in [0.15, 0.2) is 176 Å². The number of benzene rings is 7. The van der Waals surface area contributed by atoms with Crippen LogP contribution in [-0.4, -0.2) is 0 Å². The van der Waals surface area contributed by atoms with Crippen LogP contribution in [0.2, 0.25) is 5.02 Å². The van der Waals surface area contributed by atoms with Crippen LogP contribution in [-0.2, 0) is 10.8 Å². The molecule has 7 aromatic rings. The highest BCUT2D eigenvalue weighted by molar-refractivity contribution is 6.30. The number of hydrogen-bond acceptors (Lipinski definition) is 0. The lowest BCUT2D eigenvalue weighted by molar-refractivity contribution is 0.627. The molecule has 0 bridgehead atoms. The van der Waals surface area contributed by atoms with Crippen LogP contribution in [0.3, 0.4) is 0 Å². The van der Waals surface area contributed by atoms with Crippen molar-refractivity contribution in [2.45, 2.75) is 10.8 Å². The van der Waals surface area contributed by atoms with Crippen molar-refractivity contribution in [1.82, 2.24) is 0 Å². The Bertz CT molecular complexity index is 2220. The summed E-state index contributed by atoms with van der Waals surface area (Å²) in [6.45, 7) is 0. The Morgan fingerprint density at radius 2 is 0.844 bits per heavy atom. The van der Waals surface area contributed by atoms with Gasteiger partial charge in [0.1, 0.15) is 0 Å². The van der Waals surface area contributed by atoms with Crippen molar-refractivity contribution in [1.29, 1.82) is 0 Å². The summed E-state index contributed by atoms with van der Waals surface area (Å²) in [5.74, 6) is 0. The van der Waals surface area contributed by atoms with Crippen molar-refractivity contribution in [2.24, 2.45) is 0 Å². The largest absolute Gasteiger partial charge is 0.0843 e. The monoisotopic (exact) mass is 592 g/mol. The van der Waals surface area contributed by atoms with Gasteiger partial charge in [0.15, 0.2) is 0 Å². The normalized spacial score (nSPS) is 19.0. The van der Waals surface area contributed by atoms with E-state index in [2.05, 4.69) is 164 Å². The van der Waals surface area contributed by atoms with Gasteiger partial charge in [-0.05, 0) is 85.0 Å². The summed E-state index contributed by atoms with van der Waals surface area (Å²) < 4.78 is 0. The molecule has 0 N–H and O–H groups in total. The van der Waals surface area contributed by atoms with Crippen LogP contribution < -0.4 is 0 Å². The van der Waals surface area contributed by atoms with E-state index < -0.39 is 10.8 Å². The molecule has 0 aliphatic heterocycles. The Morgan fingerprint density at radius 3 is 1.56 bits per heavy atom. The molecule has 2 aliphatic carbocycles. The third-order valence-corrected chi connectivity index (χ3v) is 10.3. The molecule has 7 aromatic carbocycles. The molecule has 0 spiro atoms. The van der Waals surface area contributed by atoms with Crippen molar-refractivity contribution in [2.75, 3.05) is 0 Å². The minimum absolute atomic E-state index is 0.438. The highest BCUT2D eigenvalue weighted by atomic mass is 35.5. The molecule has 1 heteroatoms. The summed E-state index contributed by atoms with van der Waals surface area (Å²) in [7, 11) is 0. The molecule has 45 heavy (non-hydrogen) atoms. The third-order valence-electron chi connectivity index (χ3n) is 10.1. The zero-order valence-corrected chi connectivity index (χ0v) is 25.4. The van der Waals surface area contributed by atoms with E-state index in [-0.39, 0.29) is 0 Å². The van der Waals surface area contributed by atoms with Crippen LogP contribution in [0, 0.1) is 0 Å². The van der Waals surface area contributed by atoms with E-state index in [1.165, 1.54) is 61.2 Å². The molecular weight excluding hydrogens is 564 g/mol. The quantitative estimate of drug-likeness (QED) is 0.191. The van der Waals surface area contributed by atoms with E-state index in [4.69, 9.17) is 11.6 Å². The Balaban J connectivity index is 1.47. The van der Waals surface area contributed by atoms with Crippen LogP contribution >= 0.6 is 11.6 Å². The van der Waals surface area contributed by atoms with Gasteiger partial charge in [-0.2, -0.15) is 0 Å². The number of fused-ring (bicyclic) bond motifs is 5. The molecule has 0 radical (unpaired) electrons. The Morgan fingerprint density at radius 1 is 0.333 bits per heavy atom. The minimum Gasteiger partial charge on any atom is -0.0843 e. The van der Waals surface area contributed by atoms with Gasteiger partial charge in [0.25, 0.3) is 0 Å². The predicted molar refractivity (Wildman–Crippen MR) is 186 cm³/mol. The second kappa shape index (κ2) is 9.92. The van der Waals surface area contributed by atoms with Gasteiger partial charge in [0.05, 0.1) is 10.8 Å². The van der Waals surface area contributed by atoms with Gasteiger partial charge in [-0.3, -0.25) is 0 Å². The molecule has 2 aliphatic rings. The topological polar surface area (TPSA) is 0 Å². The lowest BCUT2D eigenvalue weighted by atomic mass is 9.51. The van der Waals surface area contributed by atoms with Gasteiger partial charge < -0.3 is 0 Å². The molecular formula is C44H29Cl. The maximum atomic E-state index is 6.30. The molecule has 9 rings (SSSR count). The predicted octanol–water partition coefficient (Wildman–Crippen LogP) is 11.1. The number of halogens is 1. The Hall–Kier alpha value is -5.17. The highest BCUT2D eigenvalue weighted by Crippen LogP contribution is 2.65. The first-order valence-electron chi connectivity index (χ1n) is 15.6. The first kappa shape index (κ1) is 26.3. The van der Waals surface area contributed by atoms with Crippen LogP contribution in [0.5, 0.6) is 0 Å². The van der Waals surface area contributed by atoms with Gasteiger partial charge in [0.2, 0.25) is 0 Å². The smallest absolute Gasteiger partial charge is 0.0720 e. The standard InChI is InChI=1S/C44H29Cl/c45-35-27-25-30(26-28-35)31-13-11-18-34(29-31)43(32-14-3-1-4-15-32)39-22-9-10-23-40(39)44(33-16-5-2-6-17-33)38-21-8-7-19-36(38)37-20-12-24-41(43)42(37)44/h1-29H. The second-order valence-corrected chi connectivity index (χ2v) is 12.6. The Kier molecular flexibility index (Phi) is 5.79. The van der Waals surface area contributed by atoms with Crippen molar-refractivity contribution >= 4 is 11.6 Å². The maximum Gasteiger partial charge on any atom is 0.0720 e. The SMILES string of the molecule is Clc1ccc(-c2cccc(C3(c4ccccc4)c4ccccc4C4(c5ccccc5)c5ccccc5-c5cccc3c54)c2)cc1. The summed E-state index contributed by atoms with van der Waals surface area (Å²) >= 11 is 6.30. The summed E-state index contributed by atoms with van der Waals surface area (Å²) in [4.78, 5) is 0. The van der Waals surface area contributed by atoms with E-state index in [9.17, 15) is 0 Å². The van der Waals surface area contributed by atoms with Gasteiger partial charge in [-0.1, -0.05) is 169 Å². The summed E-state index contributed by atoms with van der Waals surface area (Å²) in [6.07, 6.45) is 0. The van der Waals surface area contributed by atoms with Gasteiger partial charge in [0, 0.05) is 5.02 Å². The van der Waals surface area contributed by atoms with E-state index in [1.807, 2.05) is 12.1 Å². The third kappa shape index (κ3) is 3.49. The summed E-state index contributed by atoms with van der Waals surface area (Å²) in [5.41, 5.74) is 14.5. The number of rotatable bonds is 4. The van der Waals surface area contributed by atoms with E-state index >= 15 is 0 Å². The fourth-order valence-corrected chi connectivity index (χ4v) is 8.56. The second-order valence-electron chi connectivity index (χ2n) is 12.1. The van der Waals surface area contributed by atoms with E-state index in [1.54, 1.807) is 0 Å². The van der Waals surface area contributed by atoms with Crippen LogP contribution in [0.25, 0.3) is 22.3 Å². The van der Waals surface area contributed by atoms with E-state index in [0.29, 0.717) is 0 Å². The first-order valence-corrected chi connectivity index (χ1v) is 15.9. The average Bonchev–Trinajstić information content (AvgIpc) is 3.42. The maximum absolute atomic E-state index is 6.30. The molecule has 0 amide bonds. The lowest BCUT2D eigenvalue weighted by Crippen LogP contribution is -2.44. The lowest BCUT2D eigenvalue weighted by Gasteiger charge is -2.49. The fourth-order valence-electron chi connectivity index (χ4n) is 8.43. The molecule has 0 fully saturated rings. The Labute approximate surface area is 269 Å². The molecule has 0 nitrogen and oxygen atoms in total. The molecule has 2 atom stereocenters. The molecule has 212 valence electrons. The fraction of sp³-hybridized carbons (Fsp3) is 0.0455. The molecule has 0 heterocycles. The van der Waals surface area contributed by atoms with Crippen LogP contribution in [0.1, 0.15) is 44.5 Å². The average molecular weight is 593 g/mol. The zero-order valence-electron chi connectivity index (χ0n) is 24.6. The van der Waals surface area contributed by atoms with Gasteiger partial charge >= 0.3 is 0 Å². The molecule has 0 aromatic heterocycles. The van der Waals surface area contributed by atoms with Gasteiger partial charge in [-0.25, -0.2) is 0 Å². The number of hydrogen-bond donors (Lipinski definition) is 0. The van der Waals surface area contributed by atoms with Crippen molar-refractivity contribution in [3.05, 3.63) is 225 Å². The van der Waals surface area contributed by atoms with Crippen molar-refractivity contribution in [3.8, 4) is 22.3 Å².